The molecule has 0 spiro atoms. The van der Waals surface area contributed by atoms with Crippen LogP contribution in [0.4, 0.5) is 0 Å². The van der Waals surface area contributed by atoms with E-state index < -0.39 is 0 Å². The molecule has 21 heavy (non-hydrogen) atoms. The molecule has 0 radical (unpaired) electrons. The smallest absolute Gasteiger partial charge is 0.264 e. The molecule has 0 aliphatic rings. The average molecular weight is 345 g/mol. The van der Waals surface area contributed by atoms with Gasteiger partial charge in [-0.1, -0.05) is 51.4 Å². The number of hydrogen-bond donors (Lipinski definition) is 0. The number of benzene rings is 2. The molecule has 0 aliphatic carbocycles. The summed E-state index contributed by atoms with van der Waals surface area (Å²) in [5.41, 5.74) is 2.04. The molecule has 0 atom stereocenters. The number of ether oxygens (including phenoxy) is 1. The Morgan fingerprint density at radius 1 is 1.14 bits per heavy atom. The summed E-state index contributed by atoms with van der Waals surface area (Å²) in [7, 11) is 0. The second kappa shape index (κ2) is 6.10. The molecule has 106 valence electrons. The molecule has 0 aliphatic heterocycles. The van der Waals surface area contributed by atoms with Gasteiger partial charge in [0.25, 0.3) is 5.89 Å². The third kappa shape index (κ3) is 3.31. The standard InChI is InChI=1S/C16H13BrN2O2/c1-11-9-13(7-8-14(11)17)20-10-15-18-16(19-21-15)12-5-3-2-4-6-12/h2-9H,10H2,1H3. The van der Waals surface area contributed by atoms with Crippen molar-refractivity contribution < 1.29 is 9.26 Å². The molecule has 0 saturated heterocycles. The first-order valence-corrected chi connectivity index (χ1v) is 7.28. The monoisotopic (exact) mass is 344 g/mol. The topological polar surface area (TPSA) is 48.2 Å². The van der Waals surface area contributed by atoms with Gasteiger partial charge in [-0.2, -0.15) is 4.98 Å². The maximum atomic E-state index is 5.66. The van der Waals surface area contributed by atoms with Gasteiger partial charge in [-0.3, -0.25) is 0 Å². The van der Waals surface area contributed by atoms with E-state index in [0.717, 1.165) is 21.3 Å². The molecule has 0 unspecified atom stereocenters. The first-order valence-electron chi connectivity index (χ1n) is 6.49. The lowest BCUT2D eigenvalue weighted by Crippen LogP contribution is -1.96. The number of halogens is 1. The SMILES string of the molecule is Cc1cc(OCc2nc(-c3ccccc3)no2)ccc1Br. The lowest BCUT2D eigenvalue weighted by molar-refractivity contribution is 0.243. The lowest BCUT2D eigenvalue weighted by Gasteiger charge is -2.05. The normalized spacial score (nSPS) is 10.6. The van der Waals surface area contributed by atoms with Crippen molar-refractivity contribution in [2.75, 3.05) is 0 Å². The van der Waals surface area contributed by atoms with E-state index in [9.17, 15) is 0 Å². The van der Waals surface area contributed by atoms with Crippen LogP contribution in [0.3, 0.4) is 0 Å². The highest BCUT2D eigenvalue weighted by atomic mass is 79.9. The van der Waals surface area contributed by atoms with Crippen molar-refractivity contribution in [1.29, 1.82) is 0 Å². The van der Waals surface area contributed by atoms with Gasteiger partial charge in [-0.25, -0.2) is 0 Å². The van der Waals surface area contributed by atoms with E-state index in [2.05, 4.69) is 26.1 Å². The number of hydrogen-bond acceptors (Lipinski definition) is 4. The predicted molar refractivity (Wildman–Crippen MR) is 82.9 cm³/mol. The molecule has 3 aromatic rings. The van der Waals surface area contributed by atoms with Crippen molar-refractivity contribution in [3.05, 3.63) is 64.5 Å². The molecule has 0 amide bonds. The molecule has 4 nitrogen and oxygen atoms in total. The van der Waals surface area contributed by atoms with Crippen LogP contribution < -0.4 is 4.74 Å². The minimum Gasteiger partial charge on any atom is -0.484 e. The number of aryl methyl sites for hydroxylation is 1. The van der Waals surface area contributed by atoms with Gasteiger partial charge in [0.2, 0.25) is 5.82 Å². The molecule has 0 fully saturated rings. The van der Waals surface area contributed by atoms with Gasteiger partial charge in [0.05, 0.1) is 0 Å². The Hall–Kier alpha value is -2.14. The maximum absolute atomic E-state index is 5.66. The molecule has 3 rings (SSSR count). The largest absolute Gasteiger partial charge is 0.484 e. The van der Waals surface area contributed by atoms with Gasteiger partial charge in [0.15, 0.2) is 6.61 Å². The Bertz CT molecular complexity index is 741. The highest BCUT2D eigenvalue weighted by molar-refractivity contribution is 9.10. The fourth-order valence-corrected chi connectivity index (χ4v) is 2.12. The summed E-state index contributed by atoms with van der Waals surface area (Å²) >= 11 is 3.46. The first kappa shape index (κ1) is 13.8. The molecule has 1 heterocycles. The Balaban J connectivity index is 1.69. The Morgan fingerprint density at radius 2 is 1.95 bits per heavy atom. The van der Waals surface area contributed by atoms with Crippen LogP contribution in [0.1, 0.15) is 11.5 Å². The molecular formula is C16H13BrN2O2. The number of nitrogens with zero attached hydrogens (tertiary/aromatic N) is 2. The van der Waals surface area contributed by atoms with Crippen molar-refractivity contribution in [1.82, 2.24) is 10.1 Å². The van der Waals surface area contributed by atoms with Crippen molar-refractivity contribution >= 4 is 15.9 Å². The van der Waals surface area contributed by atoms with E-state index in [4.69, 9.17) is 9.26 Å². The molecule has 1 aromatic heterocycles. The van der Waals surface area contributed by atoms with E-state index in [1.54, 1.807) is 0 Å². The second-order valence-corrected chi connectivity index (χ2v) is 5.43. The highest BCUT2D eigenvalue weighted by Crippen LogP contribution is 2.22. The first-order chi connectivity index (χ1) is 10.2. The van der Waals surface area contributed by atoms with Gasteiger partial charge in [0, 0.05) is 10.0 Å². The maximum Gasteiger partial charge on any atom is 0.264 e. The van der Waals surface area contributed by atoms with Crippen molar-refractivity contribution in [2.45, 2.75) is 13.5 Å². The number of rotatable bonds is 4. The predicted octanol–water partition coefficient (Wildman–Crippen LogP) is 4.39. The summed E-state index contributed by atoms with van der Waals surface area (Å²) in [6, 6.07) is 15.5. The Labute approximate surface area is 130 Å². The third-order valence-corrected chi connectivity index (χ3v) is 3.88. The quantitative estimate of drug-likeness (QED) is 0.704. The highest BCUT2D eigenvalue weighted by Gasteiger charge is 2.09. The Morgan fingerprint density at radius 3 is 2.71 bits per heavy atom. The summed E-state index contributed by atoms with van der Waals surface area (Å²) in [5, 5.41) is 3.96. The molecule has 5 heteroatoms. The zero-order chi connectivity index (χ0) is 14.7. The molecule has 0 saturated carbocycles. The minimum absolute atomic E-state index is 0.251. The van der Waals surface area contributed by atoms with Crippen molar-refractivity contribution in [3.63, 3.8) is 0 Å². The van der Waals surface area contributed by atoms with Gasteiger partial charge in [0.1, 0.15) is 5.75 Å². The van der Waals surface area contributed by atoms with Crippen LogP contribution in [0, 0.1) is 6.92 Å². The van der Waals surface area contributed by atoms with Crippen molar-refractivity contribution in [2.24, 2.45) is 0 Å². The van der Waals surface area contributed by atoms with Gasteiger partial charge in [-0.15, -0.1) is 0 Å². The van der Waals surface area contributed by atoms with E-state index >= 15 is 0 Å². The second-order valence-electron chi connectivity index (χ2n) is 4.58. The minimum atomic E-state index is 0.251. The lowest BCUT2D eigenvalue weighted by atomic mass is 10.2. The van der Waals surface area contributed by atoms with E-state index in [1.807, 2.05) is 55.5 Å². The fraction of sp³-hybridized carbons (Fsp3) is 0.125. The van der Waals surface area contributed by atoms with E-state index in [0.29, 0.717) is 11.7 Å². The molecule has 0 N–H and O–H groups in total. The van der Waals surface area contributed by atoms with Crippen LogP contribution in [0.15, 0.2) is 57.5 Å². The molecule has 0 bridgehead atoms. The zero-order valence-corrected chi connectivity index (χ0v) is 13.0. The third-order valence-electron chi connectivity index (χ3n) is 2.99. The van der Waals surface area contributed by atoms with Crippen LogP contribution in [-0.2, 0) is 6.61 Å². The Kier molecular flexibility index (Phi) is 4.01. The summed E-state index contributed by atoms with van der Waals surface area (Å²) < 4.78 is 11.9. The van der Waals surface area contributed by atoms with Crippen LogP contribution in [0.25, 0.3) is 11.4 Å². The van der Waals surface area contributed by atoms with E-state index in [1.165, 1.54) is 0 Å². The van der Waals surface area contributed by atoms with Gasteiger partial charge >= 0.3 is 0 Å². The van der Waals surface area contributed by atoms with Gasteiger partial charge in [-0.05, 0) is 30.7 Å². The fourth-order valence-electron chi connectivity index (χ4n) is 1.87. The summed E-state index contributed by atoms with van der Waals surface area (Å²) in [4.78, 5) is 4.32. The summed E-state index contributed by atoms with van der Waals surface area (Å²) in [5.74, 6) is 1.80. The van der Waals surface area contributed by atoms with Crippen LogP contribution in [-0.4, -0.2) is 10.1 Å². The van der Waals surface area contributed by atoms with Gasteiger partial charge < -0.3 is 9.26 Å². The molecule has 2 aromatic carbocycles. The van der Waals surface area contributed by atoms with Crippen LogP contribution in [0.2, 0.25) is 0 Å². The summed E-state index contributed by atoms with van der Waals surface area (Å²) in [6.45, 7) is 2.26. The zero-order valence-electron chi connectivity index (χ0n) is 11.4. The number of aromatic nitrogens is 2. The summed E-state index contributed by atoms with van der Waals surface area (Å²) in [6.07, 6.45) is 0. The van der Waals surface area contributed by atoms with Crippen LogP contribution >= 0.6 is 15.9 Å². The van der Waals surface area contributed by atoms with Crippen molar-refractivity contribution in [3.8, 4) is 17.1 Å². The molecular weight excluding hydrogens is 332 g/mol. The van der Waals surface area contributed by atoms with E-state index in [-0.39, 0.29) is 6.61 Å². The van der Waals surface area contributed by atoms with Crippen LogP contribution in [0.5, 0.6) is 5.75 Å². The average Bonchev–Trinajstić information content (AvgIpc) is 2.98.